The Kier molecular flexibility index (Phi) is 3.09. The second kappa shape index (κ2) is 4.90. The van der Waals surface area contributed by atoms with Crippen molar-refractivity contribution in [3.05, 3.63) is 53.4 Å². The fourth-order valence-corrected chi connectivity index (χ4v) is 2.22. The lowest BCUT2D eigenvalue weighted by molar-refractivity contribution is 0.414. The van der Waals surface area contributed by atoms with Gasteiger partial charge in [0.25, 0.3) is 0 Å². The molecule has 0 aliphatic carbocycles. The number of rotatable bonds is 3. The van der Waals surface area contributed by atoms with Gasteiger partial charge in [-0.15, -0.1) is 0 Å². The highest BCUT2D eigenvalue weighted by atomic mass is 35.5. The molecule has 4 nitrogen and oxygen atoms in total. The van der Waals surface area contributed by atoms with Crippen LogP contribution in [0.2, 0.25) is 5.28 Å². The second-order valence-corrected chi connectivity index (χ2v) is 4.50. The minimum absolute atomic E-state index is 0.449. The zero-order chi connectivity index (χ0) is 13.2. The molecule has 3 aromatic rings. The van der Waals surface area contributed by atoms with Crippen LogP contribution in [0.4, 0.5) is 0 Å². The van der Waals surface area contributed by atoms with E-state index >= 15 is 0 Å². The minimum Gasteiger partial charge on any atom is -0.497 e. The third-order valence-corrected chi connectivity index (χ3v) is 3.25. The van der Waals surface area contributed by atoms with Crippen molar-refractivity contribution in [2.24, 2.45) is 0 Å². The molecule has 0 aliphatic rings. The van der Waals surface area contributed by atoms with E-state index in [-0.39, 0.29) is 0 Å². The van der Waals surface area contributed by atoms with Gasteiger partial charge in [0.2, 0.25) is 5.28 Å². The number of nitrogens with zero attached hydrogens (tertiary/aromatic N) is 3. The summed E-state index contributed by atoms with van der Waals surface area (Å²) in [6.45, 7) is 0.635. The summed E-state index contributed by atoms with van der Waals surface area (Å²) in [4.78, 5) is 8.61. The molecule has 19 heavy (non-hydrogen) atoms. The molecule has 0 N–H and O–H groups in total. The topological polar surface area (TPSA) is 39.9 Å². The summed E-state index contributed by atoms with van der Waals surface area (Å²) in [6, 6.07) is 11.6. The van der Waals surface area contributed by atoms with Crippen LogP contribution in [0.3, 0.4) is 0 Å². The van der Waals surface area contributed by atoms with Gasteiger partial charge in [0.1, 0.15) is 11.3 Å². The Morgan fingerprint density at radius 2 is 2.00 bits per heavy atom. The number of fused-ring (bicyclic) bond motifs is 1. The zero-order valence-corrected chi connectivity index (χ0v) is 11.1. The standard InChI is InChI=1S/C14H12ClN3O/c1-19-11-6-4-10(5-7-11)9-18-13-12(17-14(18)15)3-2-8-16-13/h2-8H,9H2,1H3. The molecule has 2 heterocycles. The van der Waals surface area contributed by atoms with Crippen molar-refractivity contribution in [1.29, 1.82) is 0 Å². The number of hydrogen-bond donors (Lipinski definition) is 0. The minimum atomic E-state index is 0.449. The van der Waals surface area contributed by atoms with Crippen molar-refractivity contribution in [3.8, 4) is 5.75 Å². The van der Waals surface area contributed by atoms with E-state index in [0.29, 0.717) is 11.8 Å². The highest BCUT2D eigenvalue weighted by Gasteiger charge is 2.09. The second-order valence-electron chi connectivity index (χ2n) is 4.16. The number of imidazole rings is 1. The van der Waals surface area contributed by atoms with Crippen molar-refractivity contribution in [2.75, 3.05) is 7.11 Å². The Labute approximate surface area is 115 Å². The van der Waals surface area contributed by atoms with E-state index in [2.05, 4.69) is 9.97 Å². The number of benzene rings is 1. The quantitative estimate of drug-likeness (QED) is 0.736. The molecule has 1 aromatic carbocycles. The molecule has 0 radical (unpaired) electrons. The number of aromatic nitrogens is 3. The van der Waals surface area contributed by atoms with Crippen molar-refractivity contribution in [3.63, 3.8) is 0 Å². The van der Waals surface area contributed by atoms with Crippen LogP contribution < -0.4 is 4.74 Å². The van der Waals surface area contributed by atoms with Crippen molar-refractivity contribution < 1.29 is 4.74 Å². The first-order valence-electron chi connectivity index (χ1n) is 5.87. The Hall–Kier alpha value is -2.07. The number of halogens is 1. The van der Waals surface area contributed by atoms with E-state index in [9.17, 15) is 0 Å². The van der Waals surface area contributed by atoms with E-state index in [1.807, 2.05) is 41.0 Å². The molecule has 3 rings (SSSR count). The molecule has 0 fully saturated rings. The predicted molar refractivity (Wildman–Crippen MR) is 74.6 cm³/mol. The van der Waals surface area contributed by atoms with Crippen LogP contribution in [0, 0.1) is 0 Å². The van der Waals surface area contributed by atoms with E-state index < -0.39 is 0 Å². The summed E-state index contributed by atoms with van der Waals surface area (Å²) in [6.07, 6.45) is 1.74. The number of methoxy groups -OCH3 is 1. The molecule has 0 saturated carbocycles. The summed E-state index contributed by atoms with van der Waals surface area (Å²) in [5.41, 5.74) is 2.72. The van der Waals surface area contributed by atoms with E-state index in [4.69, 9.17) is 16.3 Å². The summed E-state index contributed by atoms with van der Waals surface area (Å²) >= 11 is 6.16. The maximum Gasteiger partial charge on any atom is 0.205 e. The first-order valence-corrected chi connectivity index (χ1v) is 6.25. The summed E-state index contributed by atoms with van der Waals surface area (Å²) in [7, 11) is 1.65. The highest BCUT2D eigenvalue weighted by Crippen LogP contribution is 2.20. The third-order valence-electron chi connectivity index (χ3n) is 2.96. The molecular weight excluding hydrogens is 262 g/mol. The predicted octanol–water partition coefficient (Wildman–Crippen LogP) is 3.14. The maximum atomic E-state index is 6.16. The van der Waals surface area contributed by atoms with Crippen molar-refractivity contribution >= 4 is 22.8 Å². The van der Waals surface area contributed by atoms with Gasteiger partial charge in [0, 0.05) is 6.20 Å². The highest BCUT2D eigenvalue weighted by molar-refractivity contribution is 6.29. The summed E-state index contributed by atoms with van der Waals surface area (Å²) in [5.74, 6) is 0.837. The molecule has 2 aromatic heterocycles. The van der Waals surface area contributed by atoms with Gasteiger partial charge in [-0.1, -0.05) is 12.1 Å². The molecule has 0 spiro atoms. The molecular formula is C14H12ClN3O. The smallest absolute Gasteiger partial charge is 0.205 e. The van der Waals surface area contributed by atoms with E-state index in [1.165, 1.54) is 0 Å². The first-order chi connectivity index (χ1) is 9.28. The van der Waals surface area contributed by atoms with Crippen molar-refractivity contribution in [2.45, 2.75) is 6.54 Å². The third kappa shape index (κ3) is 2.27. The lowest BCUT2D eigenvalue weighted by Gasteiger charge is -2.06. The van der Waals surface area contributed by atoms with Gasteiger partial charge >= 0.3 is 0 Å². The average molecular weight is 274 g/mol. The molecule has 5 heteroatoms. The van der Waals surface area contributed by atoms with Crippen LogP contribution in [-0.2, 0) is 6.54 Å². The van der Waals surface area contributed by atoms with Gasteiger partial charge in [-0.25, -0.2) is 9.97 Å². The number of hydrogen-bond acceptors (Lipinski definition) is 3. The van der Waals surface area contributed by atoms with Gasteiger partial charge in [-0.3, -0.25) is 4.57 Å². The normalized spacial score (nSPS) is 10.8. The lowest BCUT2D eigenvalue weighted by atomic mass is 10.2. The van der Waals surface area contributed by atoms with Crippen LogP contribution in [0.25, 0.3) is 11.2 Å². The van der Waals surface area contributed by atoms with Crippen LogP contribution >= 0.6 is 11.6 Å². The number of ether oxygens (including phenoxy) is 1. The molecule has 96 valence electrons. The van der Waals surface area contributed by atoms with Gasteiger partial charge in [0.05, 0.1) is 13.7 Å². The monoisotopic (exact) mass is 273 g/mol. The fraction of sp³-hybridized carbons (Fsp3) is 0.143. The molecule has 0 bridgehead atoms. The zero-order valence-electron chi connectivity index (χ0n) is 10.4. The Morgan fingerprint density at radius 1 is 1.21 bits per heavy atom. The van der Waals surface area contributed by atoms with Crippen molar-refractivity contribution in [1.82, 2.24) is 14.5 Å². The van der Waals surface area contributed by atoms with E-state index in [1.54, 1.807) is 13.3 Å². The van der Waals surface area contributed by atoms with Crippen LogP contribution in [0.5, 0.6) is 5.75 Å². The molecule has 0 saturated heterocycles. The van der Waals surface area contributed by atoms with Crippen LogP contribution in [0.15, 0.2) is 42.6 Å². The SMILES string of the molecule is COc1ccc(Cn2c(Cl)nc3cccnc32)cc1. The average Bonchev–Trinajstić information content (AvgIpc) is 2.76. The van der Waals surface area contributed by atoms with Gasteiger partial charge in [-0.05, 0) is 41.4 Å². The van der Waals surface area contributed by atoms with Crippen LogP contribution in [-0.4, -0.2) is 21.6 Å². The molecule has 0 amide bonds. The Morgan fingerprint density at radius 3 is 2.74 bits per heavy atom. The number of pyridine rings is 1. The van der Waals surface area contributed by atoms with Gasteiger partial charge in [-0.2, -0.15) is 0 Å². The lowest BCUT2D eigenvalue weighted by Crippen LogP contribution is -2.00. The maximum absolute atomic E-state index is 6.16. The molecule has 0 unspecified atom stereocenters. The molecule has 0 aliphatic heterocycles. The van der Waals surface area contributed by atoms with Crippen LogP contribution in [0.1, 0.15) is 5.56 Å². The fourth-order valence-electron chi connectivity index (χ4n) is 1.98. The summed E-state index contributed by atoms with van der Waals surface area (Å²) < 4.78 is 7.03. The van der Waals surface area contributed by atoms with E-state index in [0.717, 1.165) is 22.5 Å². The first kappa shape index (κ1) is 12.0. The van der Waals surface area contributed by atoms with Gasteiger partial charge < -0.3 is 4.74 Å². The Balaban J connectivity index is 1.98. The summed E-state index contributed by atoms with van der Waals surface area (Å²) in [5, 5.41) is 0.449. The van der Waals surface area contributed by atoms with Gasteiger partial charge in [0.15, 0.2) is 5.65 Å². The largest absolute Gasteiger partial charge is 0.497 e. The molecule has 0 atom stereocenters. The Bertz CT molecular complexity index is 706.